The summed E-state index contributed by atoms with van der Waals surface area (Å²) in [7, 11) is 0. The van der Waals surface area contributed by atoms with Crippen molar-refractivity contribution in [2.24, 2.45) is 23.7 Å². The van der Waals surface area contributed by atoms with Crippen LogP contribution in [0.5, 0.6) is 0 Å². The number of aliphatic hydroxyl groups is 1. The standard InChI is InChI=1S/C19H21NO2/c1-19(10-21)9-15-16-11-6-7-12(8-11)17(16)18(22)20(15)14-5-3-2-4-13(14)19/h2-7,11-12,15-17,21H,8-10H2,1H3/t11-,12+,15+,16+,17+,19?/m0/s1. The second-order valence-electron chi connectivity index (χ2n) is 7.77. The van der Waals surface area contributed by atoms with Crippen LogP contribution < -0.4 is 4.90 Å². The summed E-state index contributed by atoms with van der Waals surface area (Å²) in [4.78, 5) is 15.2. The molecule has 1 aromatic carbocycles. The minimum atomic E-state index is -0.238. The van der Waals surface area contributed by atoms with Crippen molar-refractivity contribution in [3.63, 3.8) is 0 Å². The van der Waals surface area contributed by atoms with E-state index in [9.17, 15) is 9.90 Å². The van der Waals surface area contributed by atoms with Gasteiger partial charge in [-0.1, -0.05) is 37.3 Å². The Morgan fingerprint density at radius 1 is 1.27 bits per heavy atom. The van der Waals surface area contributed by atoms with Gasteiger partial charge in [0.05, 0.1) is 12.5 Å². The highest BCUT2D eigenvalue weighted by Crippen LogP contribution is 2.59. The summed E-state index contributed by atoms with van der Waals surface area (Å²) in [6.45, 7) is 2.29. The first-order valence-electron chi connectivity index (χ1n) is 8.36. The molecule has 3 heteroatoms. The first-order chi connectivity index (χ1) is 10.6. The minimum Gasteiger partial charge on any atom is -0.395 e. The molecule has 4 aliphatic rings. The molecule has 114 valence electrons. The number of hydrogen-bond donors (Lipinski definition) is 1. The van der Waals surface area contributed by atoms with Gasteiger partial charge in [-0.05, 0) is 42.2 Å². The Balaban J connectivity index is 1.68. The number of benzene rings is 1. The number of carbonyl (C=O) groups is 1. The lowest BCUT2D eigenvalue weighted by molar-refractivity contribution is -0.121. The summed E-state index contributed by atoms with van der Waals surface area (Å²) >= 11 is 0. The molecule has 2 bridgehead atoms. The molecular weight excluding hydrogens is 274 g/mol. The van der Waals surface area contributed by atoms with Crippen molar-refractivity contribution in [2.75, 3.05) is 11.5 Å². The highest BCUT2D eigenvalue weighted by atomic mass is 16.3. The number of anilines is 1. The Morgan fingerprint density at radius 2 is 2.05 bits per heavy atom. The molecule has 1 saturated carbocycles. The van der Waals surface area contributed by atoms with Gasteiger partial charge in [0, 0.05) is 17.1 Å². The maximum absolute atomic E-state index is 13.1. The van der Waals surface area contributed by atoms with Crippen molar-refractivity contribution >= 4 is 11.6 Å². The lowest BCUT2D eigenvalue weighted by Gasteiger charge is -2.44. The van der Waals surface area contributed by atoms with E-state index in [-0.39, 0.29) is 24.0 Å². The summed E-state index contributed by atoms with van der Waals surface area (Å²) in [5, 5.41) is 10.0. The predicted molar refractivity (Wildman–Crippen MR) is 84.5 cm³/mol. The van der Waals surface area contributed by atoms with Gasteiger partial charge in [0.1, 0.15) is 0 Å². The largest absolute Gasteiger partial charge is 0.395 e. The Labute approximate surface area is 130 Å². The average Bonchev–Trinajstić information content (AvgIpc) is 3.21. The maximum atomic E-state index is 13.1. The molecular formula is C19H21NO2. The van der Waals surface area contributed by atoms with E-state index in [0.717, 1.165) is 24.1 Å². The molecule has 5 rings (SSSR count). The number of fused-ring (bicyclic) bond motifs is 9. The first-order valence-corrected chi connectivity index (χ1v) is 8.36. The van der Waals surface area contributed by atoms with Gasteiger partial charge in [0.25, 0.3) is 0 Å². The monoisotopic (exact) mass is 295 g/mol. The molecule has 1 unspecified atom stereocenters. The number of carbonyl (C=O) groups excluding carboxylic acids is 1. The fraction of sp³-hybridized carbons (Fsp3) is 0.526. The fourth-order valence-electron chi connectivity index (χ4n) is 5.67. The van der Waals surface area contributed by atoms with Crippen molar-refractivity contribution in [1.29, 1.82) is 0 Å². The number of amides is 1. The second kappa shape index (κ2) is 4.02. The SMILES string of the molecule is CC1(CO)C[C@@H]2[C@@H]3[C@H](C(=O)N2c2ccccc21)[C@@H]1C=C[C@H]3C1. The zero-order valence-electron chi connectivity index (χ0n) is 12.8. The van der Waals surface area contributed by atoms with Gasteiger partial charge in [-0.2, -0.15) is 0 Å². The Kier molecular flexibility index (Phi) is 2.35. The molecule has 1 saturated heterocycles. The van der Waals surface area contributed by atoms with Crippen LogP contribution in [0.2, 0.25) is 0 Å². The lowest BCUT2D eigenvalue weighted by atomic mass is 9.70. The van der Waals surface area contributed by atoms with Gasteiger partial charge in [0.2, 0.25) is 5.91 Å². The van der Waals surface area contributed by atoms with E-state index < -0.39 is 0 Å². The summed E-state index contributed by atoms with van der Waals surface area (Å²) in [6, 6.07) is 8.41. The Bertz CT molecular complexity index is 696. The molecule has 2 heterocycles. The first kappa shape index (κ1) is 12.9. The molecule has 3 nitrogen and oxygen atoms in total. The van der Waals surface area contributed by atoms with Gasteiger partial charge in [-0.15, -0.1) is 0 Å². The minimum absolute atomic E-state index is 0.143. The Hall–Kier alpha value is -1.61. The second-order valence-corrected chi connectivity index (χ2v) is 7.77. The van der Waals surface area contributed by atoms with Crippen LogP contribution in [0, 0.1) is 23.7 Å². The number of nitrogens with zero attached hydrogens (tertiary/aromatic N) is 1. The van der Waals surface area contributed by atoms with Crippen LogP contribution in [0.1, 0.15) is 25.3 Å². The van der Waals surface area contributed by atoms with Gasteiger partial charge in [-0.3, -0.25) is 4.79 Å². The van der Waals surface area contributed by atoms with Crippen molar-refractivity contribution in [2.45, 2.75) is 31.2 Å². The van der Waals surface area contributed by atoms with E-state index in [1.165, 1.54) is 0 Å². The van der Waals surface area contributed by atoms with Gasteiger partial charge >= 0.3 is 0 Å². The third-order valence-corrected chi connectivity index (χ3v) is 6.64. The molecule has 0 radical (unpaired) electrons. The topological polar surface area (TPSA) is 40.5 Å². The predicted octanol–water partition coefficient (Wildman–Crippen LogP) is 2.49. The molecule has 6 atom stereocenters. The van der Waals surface area contributed by atoms with Crippen LogP contribution in [0.25, 0.3) is 0 Å². The highest BCUT2D eigenvalue weighted by molar-refractivity contribution is 6.01. The Morgan fingerprint density at radius 3 is 2.86 bits per heavy atom. The molecule has 2 aliphatic heterocycles. The van der Waals surface area contributed by atoms with E-state index in [1.807, 2.05) is 12.1 Å². The highest BCUT2D eigenvalue weighted by Gasteiger charge is 2.62. The molecule has 0 spiro atoms. The van der Waals surface area contributed by atoms with Crippen LogP contribution in [0.4, 0.5) is 5.69 Å². The van der Waals surface area contributed by atoms with Gasteiger partial charge in [0.15, 0.2) is 0 Å². The van der Waals surface area contributed by atoms with E-state index in [0.29, 0.717) is 23.7 Å². The van der Waals surface area contributed by atoms with Crippen LogP contribution in [-0.4, -0.2) is 23.7 Å². The van der Waals surface area contributed by atoms with Crippen LogP contribution in [0.15, 0.2) is 36.4 Å². The zero-order chi connectivity index (χ0) is 15.1. The maximum Gasteiger partial charge on any atom is 0.231 e. The normalized spacial score (nSPS) is 44.2. The fourth-order valence-corrected chi connectivity index (χ4v) is 5.67. The smallest absolute Gasteiger partial charge is 0.231 e. The average molecular weight is 295 g/mol. The van der Waals surface area contributed by atoms with Crippen LogP contribution in [-0.2, 0) is 10.2 Å². The zero-order valence-corrected chi connectivity index (χ0v) is 12.8. The molecule has 2 fully saturated rings. The number of aliphatic hydroxyl groups excluding tert-OH is 1. The van der Waals surface area contributed by atoms with E-state index >= 15 is 0 Å². The van der Waals surface area contributed by atoms with Crippen molar-refractivity contribution in [3.05, 3.63) is 42.0 Å². The molecule has 22 heavy (non-hydrogen) atoms. The van der Waals surface area contributed by atoms with Crippen molar-refractivity contribution < 1.29 is 9.90 Å². The molecule has 0 aromatic heterocycles. The van der Waals surface area contributed by atoms with Crippen LogP contribution >= 0.6 is 0 Å². The number of rotatable bonds is 1. The van der Waals surface area contributed by atoms with Crippen molar-refractivity contribution in [3.8, 4) is 0 Å². The molecule has 2 aliphatic carbocycles. The van der Waals surface area contributed by atoms with Gasteiger partial charge in [-0.25, -0.2) is 0 Å². The summed E-state index contributed by atoms with van der Waals surface area (Å²) in [5.41, 5.74) is 1.93. The van der Waals surface area contributed by atoms with E-state index in [4.69, 9.17) is 0 Å². The molecule has 1 N–H and O–H groups in total. The van der Waals surface area contributed by atoms with Crippen LogP contribution in [0.3, 0.4) is 0 Å². The van der Waals surface area contributed by atoms with E-state index in [2.05, 4.69) is 36.1 Å². The molecule has 1 aromatic rings. The summed E-state index contributed by atoms with van der Waals surface area (Å²) in [5.74, 6) is 1.94. The third kappa shape index (κ3) is 1.34. The number of allylic oxidation sites excluding steroid dienone is 2. The van der Waals surface area contributed by atoms with Crippen molar-refractivity contribution in [1.82, 2.24) is 0 Å². The van der Waals surface area contributed by atoms with Gasteiger partial charge < -0.3 is 10.0 Å². The third-order valence-electron chi connectivity index (χ3n) is 6.64. The number of hydrogen-bond acceptors (Lipinski definition) is 2. The lowest BCUT2D eigenvalue weighted by Crippen LogP contribution is -2.48. The summed E-state index contributed by atoms with van der Waals surface area (Å²) < 4.78 is 0. The molecule has 1 amide bonds. The van der Waals surface area contributed by atoms with E-state index in [1.54, 1.807) is 0 Å². The summed E-state index contributed by atoms with van der Waals surface area (Å²) in [6.07, 6.45) is 6.63. The number of para-hydroxylation sites is 1. The quantitative estimate of drug-likeness (QED) is 0.809.